The van der Waals surface area contributed by atoms with E-state index in [9.17, 15) is 0 Å². The van der Waals surface area contributed by atoms with Crippen LogP contribution in [-0.2, 0) is 18.3 Å². The van der Waals surface area contributed by atoms with Crippen molar-refractivity contribution < 1.29 is 4.74 Å². The lowest BCUT2D eigenvalue weighted by Crippen LogP contribution is -2.28. The van der Waals surface area contributed by atoms with Gasteiger partial charge in [-0.1, -0.05) is 0 Å². The SMILES string of the molecule is COCC(Cl)CN(C)Cc1cnn(C)c1. The summed E-state index contributed by atoms with van der Waals surface area (Å²) in [7, 11) is 5.62. The average molecular weight is 232 g/mol. The Bertz CT molecular complexity index is 290. The van der Waals surface area contributed by atoms with Gasteiger partial charge in [-0.25, -0.2) is 0 Å². The molecule has 4 nitrogen and oxygen atoms in total. The fraction of sp³-hybridized carbons (Fsp3) is 0.700. The van der Waals surface area contributed by atoms with Crippen molar-refractivity contribution >= 4 is 11.6 Å². The van der Waals surface area contributed by atoms with Gasteiger partial charge in [0.05, 0.1) is 18.2 Å². The lowest BCUT2D eigenvalue weighted by atomic mass is 10.3. The van der Waals surface area contributed by atoms with Gasteiger partial charge in [-0.3, -0.25) is 4.68 Å². The highest BCUT2D eigenvalue weighted by atomic mass is 35.5. The zero-order valence-corrected chi connectivity index (χ0v) is 10.2. The summed E-state index contributed by atoms with van der Waals surface area (Å²) in [5.41, 5.74) is 1.20. The highest BCUT2D eigenvalue weighted by Gasteiger charge is 2.09. The largest absolute Gasteiger partial charge is 0.383 e. The van der Waals surface area contributed by atoms with Crippen molar-refractivity contribution in [3.63, 3.8) is 0 Å². The summed E-state index contributed by atoms with van der Waals surface area (Å²) in [5.74, 6) is 0. The molecule has 0 amide bonds. The van der Waals surface area contributed by atoms with Gasteiger partial charge in [0, 0.05) is 39.0 Å². The molecular weight excluding hydrogens is 214 g/mol. The number of hydrogen-bond acceptors (Lipinski definition) is 3. The number of rotatable bonds is 6. The van der Waals surface area contributed by atoms with Crippen LogP contribution in [0.5, 0.6) is 0 Å². The summed E-state index contributed by atoms with van der Waals surface area (Å²) in [6.45, 7) is 2.25. The van der Waals surface area contributed by atoms with Crippen LogP contribution >= 0.6 is 11.6 Å². The molecule has 0 aliphatic heterocycles. The fourth-order valence-electron chi connectivity index (χ4n) is 1.50. The first-order chi connectivity index (χ1) is 7.11. The Hall–Kier alpha value is -0.580. The molecule has 0 saturated carbocycles. The minimum Gasteiger partial charge on any atom is -0.383 e. The number of aromatic nitrogens is 2. The molecule has 1 atom stereocenters. The van der Waals surface area contributed by atoms with E-state index in [2.05, 4.69) is 10.00 Å². The van der Waals surface area contributed by atoms with Crippen molar-refractivity contribution in [2.45, 2.75) is 11.9 Å². The molecule has 0 aliphatic carbocycles. The van der Waals surface area contributed by atoms with Crippen LogP contribution in [0.4, 0.5) is 0 Å². The Morgan fingerprint density at radius 1 is 1.67 bits per heavy atom. The van der Waals surface area contributed by atoms with Crippen LogP contribution in [-0.4, -0.2) is 47.4 Å². The standard InChI is InChI=1S/C10H18ClN3O/c1-13(7-10(11)8-15-3)5-9-4-12-14(2)6-9/h4,6,10H,5,7-8H2,1-3H3. The Labute approximate surface area is 95.8 Å². The van der Waals surface area contributed by atoms with E-state index >= 15 is 0 Å². The first-order valence-electron chi connectivity index (χ1n) is 4.91. The molecule has 0 aliphatic rings. The molecule has 1 rings (SSSR count). The van der Waals surface area contributed by atoms with Gasteiger partial charge in [-0.15, -0.1) is 11.6 Å². The minimum atomic E-state index is 0.0386. The number of aryl methyl sites for hydroxylation is 1. The van der Waals surface area contributed by atoms with E-state index < -0.39 is 0 Å². The second kappa shape index (κ2) is 6.10. The first kappa shape index (κ1) is 12.5. The first-order valence-corrected chi connectivity index (χ1v) is 5.34. The topological polar surface area (TPSA) is 30.3 Å². The summed E-state index contributed by atoms with van der Waals surface area (Å²) in [6, 6.07) is 0. The zero-order valence-electron chi connectivity index (χ0n) is 9.48. The van der Waals surface area contributed by atoms with E-state index in [4.69, 9.17) is 16.3 Å². The fourth-order valence-corrected chi connectivity index (χ4v) is 1.86. The van der Waals surface area contributed by atoms with Gasteiger partial charge in [0.25, 0.3) is 0 Å². The maximum absolute atomic E-state index is 6.06. The van der Waals surface area contributed by atoms with Crippen LogP contribution in [0.15, 0.2) is 12.4 Å². The quantitative estimate of drug-likeness (QED) is 0.687. The van der Waals surface area contributed by atoms with Crippen molar-refractivity contribution in [2.75, 3.05) is 27.3 Å². The third kappa shape index (κ3) is 4.64. The molecule has 86 valence electrons. The van der Waals surface area contributed by atoms with Crippen molar-refractivity contribution in [1.29, 1.82) is 0 Å². The molecule has 5 heteroatoms. The second-order valence-electron chi connectivity index (χ2n) is 3.77. The maximum Gasteiger partial charge on any atom is 0.0696 e. The molecule has 0 spiro atoms. The molecule has 1 aromatic rings. The maximum atomic E-state index is 6.06. The van der Waals surface area contributed by atoms with Gasteiger partial charge >= 0.3 is 0 Å². The molecule has 1 aromatic heterocycles. The van der Waals surface area contributed by atoms with Crippen molar-refractivity contribution in [3.05, 3.63) is 18.0 Å². The van der Waals surface area contributed by atoms with E-state index in [-0.39, 0.29) is 5.38 Å². The number of methoxy groups -OCH3 is 1. The molecule has 15 heavy (non-hydrogen) atoms. The van der Waals surface area contributed by atoms with Crippen molar-refractivity contribution in [2.24, 2.45) is 7.05 Å². The number of ether oxygens (including phenoxy) is 1. The molecule has 0 fully saturated rings. The van der Waals surface area contributed by atoms with Crippen LogP contribution < -0.4 is 0 Å². The predicted octanol–water partition coefficient (Wildman–Crippen LogP) is 1.11. The third-order valence-corrected chi connectivity index (χ3v) is 2.33. The van der Waals surface area contributed by atoms with Gasteiger partial charge in [0.1, 0.15) is 0 Å². The summed E-state index contributed by atoms with van der Waals surface area (Å²) in [6.07, 6.45) is 3.88. The number of alkyl halides is 1. The normalized spacial score (nSPS) is 13.4. The van der Waals surface area contributed by atoms with Gasteiger partial charge < -0.3 is 9.64 Å². The van der Waals surface area contributed by atoms with E-state index in [0.29, 0.717) is 6.61 Å². The molecular formula is C10H18ClN3O. The Morgan fingerprint density at radius 2 is 2.40 bits per heavy atom. The van der Waals surface area contributed by atoms with Crippen LogP contribution in [0.1, 0.15) is 5.56 Å². The molecule has 0 aromatic carbocycles. The van der Waals surface area contributed by atoms with Crippen molar-refractivity contribution in [3.8, 4) is 0 Å². The molecule has 0 bridgehead atoms. The van der Waals surface area contributed by atoms with E-state index in [0.717, 1.165) is 13.1 Å². The number of halogens is 1. The Balaban J connectivity index is 2.32. The Kier molecular flexibility index (Phi) is 5.08. The predicted molar refractivity (Wildman–Crippen MR) is 61.1 cm³/mol. The van der Waals surface area contributed by atoms with Crippen molar-refractivity contribution in [1.82, 2.24) is 14.7 Å². The van der Waals surface area contributed by atoms with E-state index in [1.54, 1.807) is 11.8 Å². The monoisotopic (exact) mass is 231 g/mol. The molecule has 0 N–H and O–H groups in total. The third-order valence-electron chi connectivity index (χ3n) is 2.07. The molecule has 1 unspecified atom stereocenters. The highest BCUT2D eigenvalue weighted by molar-refractivity contribution is 6.20. The summed E-state index contributed by atoms with van der Waals surface area (Å²) in [5, 5.41) is 4.16. The van der Waals surface area contributed by atoms with Gasteiger partial charge in [0.2, 0.25) is 0 Å². The van der Waals surface area contributed by atoms with Gasteiger partial charge in [-0.2, -0.15) is 5.10 Å². The smallest absolute Gasteiger partial charge is 0.0696 e. The van der Waals surface area contributed by atoms with E-state index in [1.807, 2.05) is 26.5 Å². The van der Waals surface area contributed by atoms with Crippen LogP contribution in [0.25, 0.3) is 0 Å². The zero-order chi connectivity index (χ0) is 11.3. The number of nitrogens with zero attached hydrogens (tertiary/aromatic N) is 3. The van der Waals surface area contributed by atoms with Crippen LogP contribution in [0, 0.1) is 0 Å². The lowest BCUT2D eigenvalue weighted by Gasteiger charge is -2.18. The summed E-state index contributed by atoms with van der Waals surface area (Å²) in [4.78, 5) is 2.16. The molecule has 0 saturated heterocycles. The van der Waals surface area contributed by atoms with E-state index in [1.165, 1.54) is 5.56 Å². The highest BCUT2D eigenvalue weighted by Crippen LogP contribution is 2.04. The van der Waals surface area contributed by atoms with Gasteiger partial charge in [-0.05, 0) is 7.05 Å². The minimum absolute atomic E-state index is 0.0386. The average Bonchev–Trinajstić information content (AvgIpc) is 2.51. The molecule has 0 radical (unpaired) electrons. The lowest BCUT2D eigenvalue weighted by molar-refractivity contribution is 0.181. The number of hydrogen-bond donors (Lipinski definition) is 0. The van der Waals surface area contributed by atoms with Gasteiger partial charge in [0.15, 0.2) is 0 Å². The van der Waals surface area contributed by atoms with Crippen LogP contribution in [0.2, 0.25) is 0 Å². The van der Waals surface area contributed by atoms with Crippen LogP contribution in [0.3, 0.4) is 0 Å². The summed E-state index contributed by atoms with van der Waals surface area (Å²) < 4.78 is 6.79. The second-order valence-corrected chi connectivity index (χ2v) is 4.39. The molecule has 1 heterocycles. The summed E-state index contributed by atoms with van der Waals surface area (Å²) >= 11 is 6.06. The Morgan fingerprint density at radius 3 is 2.93 bits per heavy atom.